The normalized spacial score (nSPS) is 15.9. The van der Waals surface area contributed by atoms with E-state index in [4.69, 9.17) is 9.47 Å². The second-order valence-electron chi connectivity index (χ2n) is 3.63. The minimum Gasteiger partial charge on any atom is -0.508 e. The van der Waals surface area contributed by atoms with E-state index >= 15 is 0 Å². The molecule has 5 heteroatoms. The Bertz CT molecular complexity index is 380. The van der Waals surface area contributed by atoms with Crippen molar-refractivity contribution in [2.24, 2.45) is 0 Å². The number of fused-ring (bicyclic) bond motifs is 1. The largest absolute Gasteiger partial charge is 0.508 e. The third kappa shape index (κ3) is 2.05. The third-order valence-corrected chi connectivity index (χ3v) is 2.41. The predicted molar refractivity (Wildman–Crippen MR) is 58.0 cm³/mol. The van der Waals surface area contributed by atoms with Crippen molar-refractivity contribution in [3.05, 3.63) is 17.7 Å². The Morgan fingerprint density at radius 2 is 2.12 bits per heavy atom. The van der Waals surface area contributed by atoms with Crippen molar-refractivity contribution >= 4 is 0 Å². The van der Waals surface area contributed by atoms with Crippen molar-refractivity contribution in [3.8, 4) is 17.2 Å². The number of hydrogen-bond donors (Lipinski definition) is 3. The summed E-state index contributed by atoms with van der Waals surface area (Å²) >= 11 is 0. The van der Waals surface area contributed by atoms with Gasteiger partial charge in [-0.2, -0.15) is 0 Å². The molecule has 1 aromatic rings. The first-order valence-electron chi connectivity index (χ1n) is 5.17. The van der Waals surface area contributed by atoms with Gasteiger partial charge in [0.2, 0.25) is 0 Å². The van der Waals surface area contributed by atoms with Gasteiger partial charge in [0.1, 0.15) is 19.0 Å². The van der Waals surface area contributed by atoms with Crippen molar-refractivity contribution in [2.45, 2.75) is 6.10 Å². The summed E-state index contributed by atoms with van der Waals surface area (Å²) in [6.45, 7) is 1.30. The molecular weight excluding hydrogens is 210 g/mol. The van der Waals surface area contributed by atoms with Gasteiger partial charge in [-0.15, -0.1) is 0 Å². The first-order chi connectivity index (χ1) is 7.72. The van der Waals surface area contributed by atoms with Crippen molar-refractivity contribution in [1.29, 1.82) is 0 Å². The lowest BCUT2D eigenvalue weighted by molar-refractivity contribution is 0.145. The second kappa shape index (κ2) is 4.59. The summed E-state index contributed by atoms with van der Waals surface area (Å²) in [5, 5.41) is 22.3. The van der Waals surface area contributed by atoms with E-state index in [1.165, 1.54) is 12.1 Å². The maximum absolute atomic E-state index is 9.89. The van der Waals surface area contributed by atoms with E-state index in [0.29, 0.717) is 36.8 Å². The molecule has 1 aliphatic rings. The van der Waals surface area contributed by atoms with Gasteiger partial charge in [0, 0.05) is 18.2 Å². The number of likely N-dealkylation sites (N-methyl/N-ethyl adjacent to an activating group) is 1. The Kier molecular flexibility index (Phi) is 3.17. The first kappa shape index (κ1) is 11.0. The Balaban J connectivity index is 2.38. The van der Waals surface area contributed by atoms with E-state index in [1.54, 1.807) is 7.05 Å². The molecule has 0 aliphatic carbocycles. The van der Waals surface area contributed by atoms with Crippen LogP contribution in [0.3, 0.4) is 0 Å². The molecule has 0 spiro atoms. The molecule has 16 heavy (non-hydrogen) atoms. The summed E-state index contributed by atoms with van der Waals surface area (Å²) < 4.78 is 10.8. The lowest BCUT2D eigenvalue weighted by Gasteiger charge is -2.23. The van der Waals surface area contributed by atoms with Crippen LogP contribution >= 0.6 is 0 Å². The summed E-state index contributed by atoms with van der Waals surface area (Å²) in [5.74, 6) is 1.07. The highest BCUT2D eigenvalue weighted by atomic mass is 16.6. The number of benzene rings is 1. The van der Waals surface area contributed by atoms with E-state index < -0.39 is 6.10 Å². The van der Waals surface area contributed by atoms with E-state index in [-0.39, 0.29) is 5.75 Å². The van der Waals surface area contributed by atoms with Crippen molar-refractivity contribution in [2.75, 3.05) is 26.8 Å². The van der Waals surface area contributed by atoms with Gasteiger partial charge in [-0.25, -0.2) is 0 Å². The standard InChI is InChI=1S/C11H15NO4/c1-12-6-9(14)8-4-7(13)5-10-11(8)16-3-2-15-10/h4-5,9,12-14H,2-3,6H2,1H3. The molecule has 0 radical (unpaired) electrons. The minimum absolute atomic E-state index is 0.0643. The molecular formula is C11H15NO4. The molecule has 0 fully saturated rings. The number of ether oxygens (including phenoxy) is 2. The summed E-state index contributed by atoms with van der Waals surface area (Å²) in [4.78, 5) is 0. The highest BCUT2D eigenvalue weighted by Gasteiger charge is 2.21. The average Bonchev–Trinajstić information content (AvgIpc) is 2.28. The number of rotatable bonds is 3. The van der Waals surface area contributed by atoms with Crippen LogP contribution in [0.5, 0.6) is 17.2 Å². The fraction of sp³-hybridized carbons (Fsp3) is 0.455. The average molecular weight is 225 g/mol. The number of aromatic hydroxyl groups is 1. The minimum atomic E-state index is -0.729. The number of nitrogens with one attached hydrogen (secondary N) is 1. The van der Waals surface area contributed by atoms with Crippen LogP contribution in [0.1, 0.15) is 11.7 Å². The number of aliphatic hydroxyl groups is 1. The monoisotopic (exact) mass is 225 g/mol. The maximum atomic E-state index is 9.89. The van der Waals surface area contributed by atoms with E-state index in [2.05, 4.69) is 5.32 Å². The van der Waals surface area contributed by atoms with Gasteiger partial charge in [0.15, 0.2) is 11.5 Å². The quantitative estimate of drug-likeness (QED) is 0.695. The molecule has 0 saturated heterocycles. The van der Waals surface area contributed by atoms with Crippen molar-refractivity contribution in [3.63, 3.8) is 0 Å². The molecule has 1 unspecified atom stereocenters. The van der Waals surface area contributed by atoms with Crippen LogP contribution < -0.4 is 14.8 Å². The van der Waals surface area contributed by atoms with Crippen molar-refractivity contribution < 1.29 is 19.7 Å². The molecule has 1 atom stereocenters. The Morgan fingerprint density at radius 3 is 2.88 bits per heavy atom. The van der Waals surface area contributed by atoms with Crippen LogP contribution in [0.2, 0.25) is 0 Å². The molecule has 1 heterocycles. The summed E-state index contributed by atoms with van der Waals surface area (Å²) in [7, 11) is 1.75. The fourth-order valence-electron chi connectivity index (χ4n) is 1.72. The number of hydrogen-bond acceptors (Lipinski definition) is 5. The smallest absolute Gasteiger partial charge is 0.167 e. The van der Waals surface area contributed by atoms with E-state index in [1.807, 2.05) is 0 Å². The number of aliphatic hydroxyl groups excluding tert-OH is 1. The number of phenolic OH excluding ortho intramolecular Hbond substituents is 1. The molecule has 0 saturated carbocycles. The maximum Gasteiger partial charge on any atom is 0.167 e. The van der Waals surface area contributed by atoms with Gasteiger partial charge in [0.05, 0.1) is 6.10 Å². The molecule has 1 aromatic carbocycles. The molecule has 88 valence electrons. The van der Waals surface area contributed by atoms with E-state index in [0.717, 1.165) is 0 Å². The molecule has 3 N–H and O–H groups in total. The Labute approximate surface area is 93.6 Å². The highest BCUT2D eigenvalue weighted by molar-refractivity contribution is 5.53. The van der Waals surface area contributed by atoms with Gasteiger partial charge < -0.3 is 25.0 Å². The second-order valence-corrected chi connectivity index (χ2v) is 3.63. The van der Waals surface area contributed by atoms with Crippen LogP contribution in [0.25, 0.3) is 0 Å². The van der Waals surface area contributed by atoms with Gasteiger partial charge in [-0.1, -0.05) is 0 Å². The molecule has 1 aliphatic heterocycles. The lowest BCUT2D eigenvalue weighted by Crippen LogP contribution is -2.21. The zero-order chi connectivity index (χ0) is 11.5. The van der Waals surface area contributed by atoms with Gasteiger partial charge in [-0.05, 0) is 13.1 Å². The van der Waals surface area contributed by atoms with Crippen LogP contribution in [0.4, 0.5) is 0 Å². The first-order valence-corrected chi connectivity index (χ1v) is 5.17. The zero-order valence-corrected chi connectivity index (χ0v) is 9.06. The SMILES string of the molecule is CNCC(O)c1cc(O)cc2c1OCCO2. The zero-order valence-electron chi connectivity index (χ0n) is 9.06. The summed E-state index contributed by atoms with van der Waals surface area (Å²) in [6, 6.07) is 2.99. The van der Waals surface area contributed by atoms with E-state index in [9.17, 15) is 10.2 Å². The Hall–Kier alpha value is -1.46. The van der Waals surface area contributed by atoms with Crippen LogP contribution in [0, 0.1) is 0 Å². The molecule has 0 aromatic heterocycles. The molecule has 0 amide bonds. The van der Waals surface area contributed by atoms with Gasteiger partial charge in [0.25, 0.3) is 0 Å². The molecule has 2 rings (SSSR count). The van der Waals surface area contributed by atoms with Gasteiger partial charge >= 0.3 is 0 Å². The van der Waals surface area contributed by atoms with Crippen LogP contribution in [-0.2, 0) is 0 Å². The molecule has 0 bridgehead atoms. The third-order valence-electron chi connectivity index (χ3n) is 2.41. The summed E-state index contributed by atoms with van der Waals surface area (Å²) in [5.41, 5.74) is 0.545. The van der Waals surface area contributed by atoms with Crippen molar-refractivity contribution in [1.82, 2.24) is 5.32 Å². The lowest BCUT2D eigenvalue weighted by atomic mass is 10.1. The summed E-state index contributed by atoms with van der Waals surface area (Å²) in [6.07, 6.45) is -0.729. The Morgan fingerprint density at radius 1 is 1.38 bits per heavy atom. The molecule has 5 nitrogen and oxygen atoms in total. The fourth-order valence-corrected chi connectivity index (χ4v) is 1.72. The number of phenols is 1. The highest BCUT2D eigenvalue weighted by Crippen LogP contribution is 2.40. The topological polar surface area (TPSA) is 71.0 Å². The van der Waals surface area contributed by atoms with Crippen LogP contribution in [0.15, 0.2) is 12.1 Å². The van der Waals surface area contributed by atoms with Gasteiger partial charge in [-0.3, -0.25) is 0 Å². The van der Waals surface area contributed by atoms with Crippen LogP contribution in [-0.4, -0.2) is 37.0 Å². The predicted octanol–water partition coefficient (Wildman–Crippen LogP) is 0.416.